The van der Waals surface area contributed by atoms with Crippen molar-refractivity contribution in [2.24, 2.45) is 0 Å². The molecule has 3 aromatic rings. The molecular weight excluding hydrogens is 242 g/mol. The first-order chi connectivity index (χ1) is 8.92. The van der Waals surface area contributed by atoms with E-state index in [-0.39, 0.29) is 0 Å². The second-order valence-corrected chi connectivity index (χ2v) is 4.79. The van der Waals surface area contributed by atoms with E-state index in [1.54, 1.807) is 11.8 Å². The predicted molar refractivity (Wildman–Crippen MR) is 72.4 cm³/mol. The molecule has 18 heavy (non-hydrogen) atoms. The maximum absolute atomic E-state index is 4.47. The molecule has 1 heterocycles. The minimum atomic E-state index is 0.736. The molecule has 0 saturated carbocycles. The molecule has 0 aliphatic rings. The van der Waals surface area contributed by atoms with Crippen molar-refractivity contribution in [3.05, 3.63) is 60.7 Å². The van der Waals surface area contributed by atoms with Gasteiger partial charge >= 0.3 is 0 Å². The van der Waals surface area contributed by atoms with E-state index in [4.69, 9.17) is 0 Å². The van der Waals surface area contributed by atoms with Gasteiger partial charge in [0.15, 0.2) is 5.82 Å². The summed E-state index contributed by atoms with van der Waals surface area (Å²) < 4.78 is 0. The van der Waals surface area contributed by atoms with Gasteiger partial charge in [-0.15, -0.1) is 5.10 Å². The Kier molecular flexibility index (Phi) is 3.10. The van der Waals surface area contributed by atoms with Crippen molar-refractivity contribution in [3.8, 4) is 11.4 Å². The number of aromatic nitrogens is 3. The van der Waals surface area contributed by atoms with Crippen molar-refractivity contribution in [1.82, 2.24) is 15.2 Å². The summed E-state index contributed by atoms with van der Waals surface area (Å²) in [5, 5.41) is 7.91. The lowest BCUT2D eigenvalue weighted by Crippen LogP contribution is -1.78. The molecule has 0 unspecified atom stereocenters. The number of aromatic amines is 1. The Hall–Kier alpha value is -2.07. The highest BCUT2D eigenvalue weighted by Gasteiger charge is 2.06. The molecule has 3 rings (SSSR count). The molecule has 1 aromatic heterocycles. The van der Waals surface area contributed by atoms with Gasteiger partial charge in [-0.05, 0) is 23.9 Å². The molecule has 0 atom stereocenters. The number of hydrogen-bond acceptors (Lipinski definition) is 3. The van der Waals surface area contributed by atoms with Crippen LogP contribution in [0.4, 0.5) is 0 Å². The minimum Gasteiger partial charge on any atom is -0.258 e. The third-order valence-corrected chi connectivity index (χ3v) is 3.34. The van der Waals surface area contributed by atoms with Gasteiger partial charge in [0.05, 0.1) is 0 Å². The van der Waals surface area contributed by atoms with Gasteiger partial charge in [-0.25, -0.2) is 4.98 Å². The monoisotopic (exact) mass is 253 g/mol. The summed E-state index contributed by atoms with van der Waals surface area (Å²) >= 11 is 1.55. The first-order valence-electron chi connectivity index (χ1n) is 5.62. The highest BCUT2D eigenvalue weighted by molar-refractivity contribution is 7.99. The molecule has 88 valence electrons. The first kappa shape index (κ1) is 11.0. The van der Waals surface area contributed by atoms with E-state index >= 15 is 0 Å². The average Bonchev–Trinajstić information content (AvgIpc) is 2.89. The van der Waals surface area contributed by atoms with E-state index in [9.17, 15) is 0 Å². The lowest BCUT2D eigenvalue weighted by Gasteiger charge is -1.94. The largest absolute Gasteiger partial charge is 0.258 e. The summed E-state index contributed by atoms with van der Waals surface area (Å²) in [7, 11) is 0. The van der Waals surface area contributed by atoms with Crippen LogP contribution < -0.4 is 0 Å². The summed E-state index contributed by atoms with van der Waals surface area (Å²) in [6.45, 7) is 0. The fourth-order valence-electron chi connectivity index (χ4n) is 1.61. The molecule has 3 nitrogen and oxygen atoms in total. The maximum Gasteiger partial charge on any atom is 0.213 e. The van der Waals surface area contributed by atoms with Crippen LogP contribution >= 0.6 is 11.8 Å². The van der Waals surface area contributed by atoms with Crippen LogP contribution in [0.5, 0.6) is 0 Å². The van der Waals surface area contributed by atoms with Crippen LogP contribution in [0.2, 0.25) is 0 Å². The summed E-state index contributed by atoms with van der Waals surface area (Å²) in [4.78, 5) is 5.61. The van der Waals surface area contributed by atoms with Crippen LogP contribution in [0.1, 0.15) is 0 Å². The quantitative estimate of drug-likeness (QED) is 0.775. The molecule has 2 aromatic carbocycles. The Bertz CT molecular complexity index is 620. The zero-order valence-corrected chi connectivity index (χ0v) is 10.4. The van der Waals surface area contributed by atoms with Gasteiger partial charge in [0.1, 0.15) is 0 Å². The van der Waals surface area contributed by atoms with Crippen molar-refractivity contribution in [2.75, 3.05) is 0 Å². The van der Waals surface area contributed by atoms with E-state index in [0.717, 1.165) is 21.4 Å². The molecule has 0 aliphatic carbocycles. The molecule has 0 amide bonds. The van der Waals surface area contributed by atoms with E-state index < -0.39 is 0 Å². The maximum atomic E-state index is 4.47. The van der Waals surface area contributed by atoms with Crippen LogP contribution in [-0.2, 0) is 0 Å². The lowest BCUT2D eigenvalue weighted by atomic mass is 10.2. The van der Waals surface area contributed by atoms with Gasteiger partial charge in [0.25, 0.3) is 0 Å². The van der Waals surface area contributed by atoms with E-state index in [1.807, 2.05) is 60.7 Å². The fraction of sp³-hybridized carbons (Fsp3) is 0. The highest BCUT2D eigenvalue weighted by atomic mass is 32.2. The minimum absolute atomic E-state index is 0.736. The van der Waals surface area contributed by atoms with Crippen molar-refractivity contribution >= 4 is 11.8 Å². The van der Waals surface area contributed by atoms with Crippen LogP contribution in [0.25, 0.3) is 11.4 Å². The van der Waals surface area contributed by atoms with Crippen molar-refractivity contribution < 1.29 is 0 Å². The Morgan fingerprint density at radius 3 is 2.22 bits per heavy atom. The second kappa shape index (κ2) is 5.06. The van der Waals surface area contributed by atoms with Gasteiger partial charge in [-0.1, -0.05) is 48.5 Å². The summed E-state index contributed by atoms with van der Waals surface area (Å²) in [5.74, 6) is 0.800. The van der Waals surface area contributed by atoms with Crippen molar-refractivity contribution in [1.29, 1.82) is 0 Å². The van der Waals surface area contributed by atoms with Gasteiger partial charge < -0.3 is 0 Å². The number of H-pyrrole nitrogens is 1. The van der Waals surface area contributed by atoms with Gasteiger partial charge in [-0.2, -0.15) is 0 Å². The van der Waals surface area contributed by atoms with Crippen LogP contribution in [-0.4, -0.2) is 15.2 Å². The van der Waals surface area contributed by atoms with E-state index in [0.29, 0.717) is 0 Å². The Morgan fingerprint density at radius 2 is 1.50 bits per heavy atom. The standard InChI is InChI=1S/C14H11N3S/c1-3-7-11(8-4-1)13-15-14(17-16-13)18-12-9-5-2-6-10-12/h1-10H,(H,15,16,17). The number of nitrogens with one attached hydrogen (secondary N) is 1. The molecule has 1 N–H and O–H groups in total. The third kappa shape index (κ3) is 2.43. The Morgan fingerprint density at radius 1 is 0.833 bits per heavy atom. The fourth-order valence-corrected chi connectivity index (χ4v) is 2.34. The zero-order valence-electron chi connectivity index (χ0n) is 9.58. The summed E-state index contributed by atoms with van der Waals surface area (Å²) in [6, 6.07) is 20.1. The highest BCUT2D eigenvalue weighted by Crippen LogP contribution is 2.25. The van der Waals surface area contributed by atoms with Crippen molar-refractivity contribution in [2.45, 2.75) is 10.1 Å². The number of benzene rings is 2. The first-order valence-corrected chi connectivity index (χ1v) is 6.44. The third-order valence-electron chi connectivity index (χ3n) is 2.46. The average molecular weight is 253 g/mol. The van der Waals surface area contributed by atoms with Crippen LogP contribution in [0.15, 0.2) is 70.7 Å². The molecule has 0 aliphatic heterocycles. The number of rotatable bonds is 3. The molecule has 0 spiro atoms. The van der Waals surface area contributed by atoms with Crippen molar-refractivity contribution in [3.63, 3.8) is 0 Å². The predicted octanol–water partition coefficient (Wildman–Crippen LogP) is 3.62. The Labute approximate surface area is 109 Å². The molecule has 4 heteroatoms. The van der Waals surface area contributed by atoms with Crippen LogP contribution in [0, 0.1) is 0 Å². The van der Waals surface area contributed by atoms with E-state index in [1.165, 1.54) is 0 Å². The number of hydrogen-bond donors (Lipinski definition) is 1. The van der Waals surface area contributed by atoms with Gasteiger partial charge in [-0.3, -0.25) is 5.10 Å². The smallest absolute Gasteiger partial charge is 0.213 e. The van der Waals surface area contributed by atoms with Gasteiger partial charge in [0.2, 0.25) is 5.16 Å². The SMILES string of the molecule is c1ccc(Sc2n[nH]c(-c3ccccc3)n2)cc1. The van der Waals surface area contributed by atoms with E-state index in [2.05, 4.69) is 15.2 Å². The molecular formula is C14H11N3S. The molecule has 0 fully saturated rings. The van der Waals surface area contributed by atoms with Crippen LogP contribution in [0.3, 0.4) is 0 Å². The Balaban J connectivity index is 1.82. The summed E-state index contributed by atoms with van der Waals surface area (Å²) in [6.07, 6.45) is 0. The topological polar surface area (TPSA) is 41.6 Å². The summed E-state index contributed by atoms with van der Waals surface area (Å²) in [5.41, 5.74) is 1.05. The second-order valence-electron chi connectivity index (χ2n) is 3.75. The molecule has 0 bridgehead atoms. The molecule has 0 saturated heterocycles. The number of nitrogens with zero attached hydrogens (tertiary/aromatic N) is 2. The van der Waals surface area contributed by atoms with Gasteiger partial charge in [0, 0.05) is 10.5 Å². The zero-order chi connectivity index (χ0) is 12.2. The molecule has 0 radical (unpaired) electrons. The lowest BCUT2D eigenvalue weighted by molar-refractivity contribution is 0.973. The normalized spacial score (nSPS) is 10.4.